The number of amides is 3. The maximum atomic E-state index is 11.9. The van der Waals surface area contributed by atoms with Crippen LogP contribution in [0, 0.1) is 19.8 Å². The van der Waals surface area contributed by atoms with Gasteiger partial charge in [0.05, 0.1) is 11.4 Å². The first-order valence-electron chi connectivity index (χ1n) is 9.06. The number of pyridine rings is 2. The van der Waals surface area contributed by atoms with Crippen molar-refractivity contribution < 1.29 is 14.3 Å². The van der Waals surface area contributed by atoms with Crippen molar-refractivity contribution in [2.75, 3.05) is 5.32 Å². The summed E-state index contributed by atoms with van der Waals surface area (Å²) in [7, 11) is 0. The molecule has 3 amide bonds. The number of imidazole rings is 1. The highest BCUT2D eigenvalue weighted by atomic mass is 16.5. The summed E-state index contributed by atoms with van der Waals surface area (Å²) >= 11 is 0. The highest BCUT2D eigenvalue weighted by Crippen LogP contribution is 2.26. The van der Waals surface area contributed by atoms with E-state index >= 15 is 0 Å². The van der Waals surface area contributed by atoms with E-state index in [1.54, 1.807) is 62.1 Å². The normalized spacial score (nSPS) is 10.7. The lowest BCUT2D eigenvalue weighted by Crippen LogP contribution is -2.37. The Morgan fingerprint density at radius 3 is 2.59 bits per heavy atom. The van der Waals surface area contributed by atoms with Gasteiger partial charge in [0.25, 0.3) is 0 Å². The summed E-state index contributed by atoms with van der Waals surface area (Å²) in [5.74, 6) is 1.47. The summed E-state index contributed by atoms with van der Waals surface area (Å²) in [6.45, 7) is 7.07. The van der Waals surface area contributed by atoms with E-state index in [1.807, 2.05) is 13.1 Å². The second kappa shape index (κ2) is 8.51. The number of hydrogen-bond donors (Lipinski definition) is 2. The van der Waals surface area contributed by atoms with E-state index in [1.165, 1.54) is 0 Å². The number of imide groups is 1. The third kappa shape index (κ3) is 5.16. The maximum absolute atomic E-state index is 11.9. The second-order valence-corrected chi connectivity index (χ2v) is 6.75. The lowest BCUT2D eigenvalue weighted by Gasteiger charge is -2.12. The third-order valence-electron chi connectivity index (χ3n) is 3.96. The van der Waals surface area contributed by atoms with Crippen LogP contribution in [0.5, 0.6) is 11.5 Å². The van der Waals surface area contributed by atoms with Gasteiger partial charge in [0.15, 0.2) is 0 Å². The molecule has 0 fully saturated rings. The molecule has 0 aromatic carbocycles. The molecule has 2 N–H and O–H groups in total. The van der Waals surface area contributed by atoms with Gasteiger partial charge in [-0.2, -0.15) is 0 Å². The predicted molar refractivity (Wildman–Crippen MR) is 107 cm³/mol. The molecule has 3 rings (SSSR count). The molecule has 0 aliphatic rings. The van der Waals surface area contributed by atoms with Gasteiger partial charge >= 0.3 is 6.03 Å². The molecule has 0 radical (unpaired) electrons. The molecule has 0 bridgehead atoms. The van der Waals surface area contributed by atoms with E-state index in [9.17, 15) is 9.59 Å². The monoisotopic (exact) mass is 394 g/mol. The lowest BCUT2D eigenvalue weighted by atomic mass is 10.2. The minimum atomic E-state index is -0.626. The number of rotatable bonds is 5. The Bertz CT molecular complexity index is 1040. The van der Waals surface area contributed by atoms with Gasteiger partial charge in [-0.15, -0.1) is 0 Å². The molecule has 150 valence electrons. The molecule has 0 saturated heterocycles. The summed E-state index contributed by atoms with van der Waals surface area (Å²) in [5.41, 5.74) is 1.47. The minimum absolute atomic E-state index is 0.289. The number of nitrogens with zero attached hydrogens (tertiary/aromatic N) is 4. The van der Waals surface area contributed by atoms with Crippen molar-refractivity contribution in [3.8, 4) is 17.3 Å². The molecule has 29 heavy (non-hydrogen) atoms. The van der Waals surface area contributed by atoms with Crippen molar-refractivity contribution in [1.82, 2.24) is 24.8 Å². The standard InChI is InChI=1S/C20H22N6O3/c1-12(2)19(27)25-20(28)24-17-6-5-16(14(4)23-17)29-15-7-8-21-18(9-15)26-10-13(3)22-11-26/h5-12H,1-4H3,(H2,23,24,25,27,28). The van der Waals surface area contributed by atoms with Crippen LogP contribution in [-0.2, 0) is 4.79 Å². The third-order valence-corrected chi connectivity index (χ3v) is 3.96. The Hall–Kier alpha value is -3.75. The van der Waals surface area contributed by atoms with Gasteiger partial charge in [-0.05, 0) is 32.0 Å². The number of urea groups is 1. The molecule has 3 aromatic rings. The van der Waals surface area contributed by atoms with E-state index in [2.05, 4.69) is 25.6 Å². The highest BCUT2D eigenvalue weighted by molar-refractivity contribution is 6.01. The number of ether oxygens (including phenoxy) is 1. The number of aromatic nitrogens is 4. The topological polar surface area (TPSA) is 111 Å². The molecule has 0 saturated carbocycles. The summed E-state index contributed by atoms with van der Waals surface area (Å²) in [6.07, 6.45) is 5.20. The molecule has 3 aromatic heterocycles. The maximum Gasteiger partial charge on any atom is 0.327 e. The van der Waals surface area contributed by atoms with Gasteiger partial charge in [-0.25, -0.2) is 19.7 Å². The fraction of sp³-hybridized carbons (Fsp3) is 0.250. The molecule has 9 nitrogen and oxygen atoms in total. The Morgan fingerprint density at radius 1 is 1.14 bits per heavy atom. The van der Waals surface area contributed by atoms with E-state index in [0.717, 1.165) is 5.69 Å². The first-order chi connectivity index (χ1) is 13.8. The first-order valence-corrected chi connectivity index (χ1v) is 9.06. The van der Waals surface area contributed by atoms with Crippen LogP contribution >= 0.6 is 0 Å². The smallest absolute Gasteiger partial charge is 0.327 e. The Labute approximate surface area is 168 Å². The van der Waals surface area contributed by atoms with Gasteiger partial charge in [0.2, 0.25) is 5.91 Å². The van der Waals surface area contributed by atoms with Gasteiger partial charge in [0, 0.05) is 24.4 Å². The van der Waals surface area contributed by atoms with Crippen LogP contribution in [0.25, 0.3) is 5.82 Å². The van der Waals surface area contributed by atoms with Crippen LogP contribution in [-0.4, -0.2) is 31.5 Å². The van der Waals surface area contributed by atoms with Gasteiger partial charge in [-0.3, -0.25) is 20.0 Å². The van der Waals surface area contributed by atoms with Crippen LogP contribution in [0.4, 0.5) is 10.6 Å². The zero-order chi connectivity index (χ0) is 21.0. The van der Waals surface area contributed by atoms with Crippen molar-refractivity contribution in [2.24, 2.45) is 5.92 Å². The van der Waals surface area contributed by atoms with E-state index in [0.29, 0.717) is 28.8 Å². The molecule has 0 spiro atoms. The van der Waals surface area contributed by atoms with Crippen molar-refractivity contribution >= 4 is 17.8 Å². The molecule has 0 atom stereocenters. The zero-order valence-corrected chi connectivity index (χ0v) is 16.6. The summed E-state index contributed by atoms with van der Waals surface area (Å²) in [4.78, 5) is 36.2. The molecular formula is C20H22N6O3. The Kier molecular flexibility index (Phi) is 5.87. The van der Waals surface area contributed by atoms with Crippen LogP contribution in [0.2, 0.25) is 0 Å². The van der Waals surface area contributed by atoms with Gasteiger partial charge in [-0.1, -0.05) is 13.8 Å². The fourth-order valence-corrected chi connectivity index (χ4v) is 2.41. The Morgan fingerprint density at radius 2 is 1.93 bits per heavy atom. The first kappa shape index (κ1) is 20.0. The molecule has 9 heteroatoms. The molecule has 0 unspecified atom stereocenters. The fourth-order valence-electron chi connectivity index (χ4n) is 2.41. The van der Waals surface area contributed by atoms with Crippen molar-refractivity contribution in [3.05, 3.63) is 54.4 Å². The quantitative estimate of drug-likeness (QED) is 0.686. The molecular weight excluding hydrogens is 372 g/mol. The molecule has 0 aliphatic heterocycles. The lowest BCUT2D eigenvalue weighted by molar-refractivity contribution is -0.122. The van der Waals surface area contributed by atoms with Crippen LogP contribution in [0.1, 0.15) is 25.2 Å². The second-order valence-electron chi connectivity index (χ2n) is 6.75. The predicted octanol–water partition coefficient (Wildman–Crippen LogP) is 3.38. The van der Waals surface area contributed by atoms with E-state index < -0.39 is 6.03 Å². The van der Waals surface area contributed by atoms with Crippen LogP contribution in [0.3, 0.4) is 0 Å². The van der Waals surface area contributed by atoms with Crippen molar-refractivity contribution in [3.63, 3.8) is 0 Å². The SMILES string of the molecule is Cc1cn(-c2cc(Oc3ccc(NC(=O)NC(=O)C(C)C)nc3C)ccn2)cn1. The summed E-state index contributed by atoms with van der Waals surface area (Å²) in [6, 6.07) is 6.20. The number of nitrogens with one attached hydrogen (secondary N) is 2. The van der Waals surface area contributed by atoms with E-state index in [4.69, 9.17) is 4.74 Å². The Balaban J connectivity index is 1.70. The number of anilines is 1. The summed E-state index contributed by atoms with van der Waals surface area (Å²) in [5, 5.41) is 4.79. The highest BCUT2D eigenvalue weighted by Gasteiger charge is 2.13. The van der Waals surface area contributed by atoms with Crippen molar-refractivity contribution in [2.45, 2.75) is 27.7 Å². The zero-order valence-electron chi connectivity index (χ0n) is 16.6. The van der Waals surface area contributed by atoms with Gasteiger partial charge < -0.3 is 4.74 Å². The summed E-state index contributed by atoms with van der Waals surface area (Å²) < 4.78 is 7.72. The molecule has 3 heterocycles. The average molecular weight is 394 g/mol. The molecule has 0 aliphatic carbocycles. The van der Waals surface area contributed by atoms with E-state index in [-0.39, 0.29) is 11.8 Å². The van der Waals surface area contributed by atoms with Crippen molar-refractivity contribution in [1.29, 1.82) is 0 Å². The number of carbonyl (C=O) groups is 2. The minimum Gasteiger partial charge on any atom is -0.455 e. The largest absolute Gasteiger partial charge is 0.455 e. The van der Waals surface area contributed by atoms with Gasteiger partial charge in [0.1, 0.15) is 29.5 Å². The number of carbonyl (C=O) groups excluding carboxylic acids is 2. The van der Waals surface area contributed by atoms with Crippen LogP contribution < -0.4 is 15.4 Å². The number of aryl methyl sites for hydroxylation is 2. The van der Waals surface area contributed by atoms with Crippen LogP contribution in [0.15, 0.2) is 43.0 Å². The average Bonchev–Trinajstić information content (AvgIpc) is 3.10. The number of hydrogen-bond acceptors (Lipinski definition) is 6.